The molecule has 2 amide bonds. The highest BCUT2D eigenvalue weighted by atomic mass is 16.5. The monoisotopic (exact) mass is 383 g/mol. The summed E-state index contributed by atoms with van der Waals surface area (Å²) < 4.78 is 5.86. The zero-order valence-corrected chi connectivity index (χ0v) is 16.0. The van der Waals surface area contributed by atoms with Gasteiger partial charge in [0.1, 0.15) is 17.2 Å². The smallest absolute Gasteiger partial charge is 0.411 e. The minimum Gasteiger partial charge on any atom is -0.465 e. The van der Waals surface area contributed by atoms with Crippen LogP contribution in [-0.2, 0) is 6.42 Å². The highest BCUT2D eigenvalue weighted by molar-refractivity contribution is 5.92. The second-order valence-corrected chi connectivity index (χ2v) is 6.77. The molecule has 2 N–H and O–H groups in total. The van der Waals surface area contributed by atoms with Crippen LogP contribution in [0.25, 0.3) is 0 Å². The predicted molar refractivity (Wildman–Crippen MR) is 106 cm³/mol. The molecule has 1 aliphatic rings. The summed E-state index contributed by atoms with van der Waals surface area (Å²) in [6.07, 6.45) is 5.63. The van der Waals surface area contributed by atoms with Crippen molar-refractivity contribution in [2.24, 2.45) is 0 Å². The van der Waals surface area contributed by atoms with E-state index in [1.165, 1.54) is 11.3 Å². The van der Waals surface area contributed by atoms with E-state index in [-0.39, 0.29) is 5.91 Å². The summed E-state index contributed by atoms with van der Waals surface area (Å²) >= 11 is 0. The number of benzene rings is 1. The number of carbonyl (C=O) groups is 2. The molecule has 28 heavy (non-hydrogen) atoms. The SMILES string of the molecule is CCCCCCNC(=O)c1cc(Oc2ccc3c(c2)CCN3C(=O)O)ccn1. The molecule has 0 saturated heterocycles. The largest absolute Gasteiger partial charge is 0.465 e. The third-order valence-corrected chi connectivity index (χ3v) is 4.69. The van der Waals surface area contributed by atoms with Gasteiger partial charge in [-0.2, -0.15) is 0 Å². The normalized spacial score (nSPS) is 12.5. The molecule has 1 aliphatic heterocycles. The van der Waals surface area contributed by atoms with Crippen molar-refractivity contribution in [3.05, 3.63) is 47.8 Å². The molecule has 148 valence electrons. The summed E-state index contributed by atoms with van der Waals surface area (Å²) in [5, 5.41) is 12.1. The number of anilines is 1. The maximum absolute atomic E-state index is 12.2. The molecule has 0 aliphatic carbocycles. The van der Waals surface area contributed by atoms with E-state index >= 15 is 0 Å². The molecule has 0 bridgehead atoms. The van der Waals surface area contributed by atoms with Crippen LogP contribution in [0.5, 0.6) is 11.5 Å². The van der Waals surface area contributed by atoms with Crippen molar-refractivity contribution in [3.8, 4) is 11.5 Å². The quantitative estimate of drug-likeness (QED) is 0.666. The van der Waals surface area contributed by atoms with Crippen LogP contribution in [0.4, 0.5) is 10.5 Å². The first-order valence-corrected chi connectivity index (χ1v) is 9.64. The number of pyridine rings is 1. The van der Waals surface area contributed by atoms with Crippen molar-refractivity contribution in [1.29, 1.82) is 0 Å². The van der Waals surface area contributed by atoms with Crippen LogP contribution in [0.15, 0.2) is 36.5 Å². The fraction of sp³-hybridized carbons (Fsp3) is 0.381. The Balaban J connectivity index is 1.62. The fourth-order valence-corrected chi connectivity index (χ4v) is 3.22. The minimum atomic E-state index is -0.952. The zero-order valence-electron chi connectivity index (χ0n) is 16.0. The number of ether oxygens (including phenoxy) is 1. The Labute approximate surface area is 164 Å². The average molecular weight is 383 g/mol. The van der Waals surface area contributed by atoms with E-state index in [0.29, 0.717) is 42.4 Å². The van der Waals surface area contributed by atoms with Gasteiger partial charge in [-0.3, -0.25) is 14.7 Å². The first-order valence-electron chi connectivity index (χ1n) is 9.64. The summed E-state index contributed by atoms with van der Waals surface area (Å²) in [5.41, 5.74) is 1.93. The zero-order chi connectivity index (χ0) is 19.9. The van der Waals surface area contributed by atoms with Crippen LogP contribution in [0, 0.1) is 0 Å². The molecule has 0 spiro atoms. The maximum atomic E-state index is 12.2. The average Bonchev–Trinajstić information content (AvgIpc) is 3.11. The van der Waals surface area contributed by atoms with Crippen LogP contribution in [0.1, 0.15) is 48.7 Å². The summed E-state index contributed by atoms with van der Waals surface area (Å²) in [7, 11) is 0. The molecule has 2 heterocycles. The highest BCUT2D eigenvalue weighted by Gasteiger charge is 2.24. The molecule has 7 nitrogen and oxygen atoms in total. The number of unbranched alkanes of at least 4 members (excludes halogenated alkanes) is 3. The lowest BCUT2D eigenvalue weighted by atomic mass is 10.1. The van der Waals surface area contributed by atoms with Crippen LogP contribution in [0.3, 0.4) is 0 Å². The molecule has 7 heteroatoms. The van der Waals surface area contributed by atoms with E-state index in [9.17, 15) is 14.7 Å². The molecule has 0 unspecified atom stereocenters. The first-order chi connectivity index (χ1) is 13.6. The lowest BCUT2D eigenvalue weighted by Gasteiger charge is -2.13. The van der Waals surface area contributed by atoms with Crippen molar-refractivity contribution in [1.82, 2.24) is 10.3 Å². The second kappa shape index (κ2) is 9.21. The van der Waals surface area contributed by atoms with E-state index in [4.69, 9.17) is 4.74 Å². The number of hydrogen-bond acceptors (Lipinski definition) is 4. The Morgan fingerprint density at radius 3 is 2.79 bits per heavy atom. The van der Waals surface area contributed by atoms with Crippen LogP contribution in [-0.4, -0.2) is 35.2 Å². The molecule has 0 radical (unpaired) electrons. The van der Waals surface area contributed by atoms with Crippen molar-refractivity contribution in [2.45, 2.75) is 39.0 Å². The van der Waals surface area contributed by atoms with Gasteiger partial charge in [0.15, 0.2) is 0 Å². The maximum Gasteiger partial charge on any atom is 0.411 e. The van der Waals surface area contributed by atoms with Gasteiger partial charge in [-0.15, -0.1) is 0 Å². The summed E-state index contributed by atoms with van der Waals surface area (Å²) in [4.78, 5) is 28.9. The summed E-state index contributed by atoms with van der Waals surface area (Å²) in [5.74, 6) is 0.898. The number of fused-ring (bicyclic) bond motifs is 1. The summed E-state index contributed by atoms with van der Waals surface area (Å²) in [6, 6.07) is 8.62. The van der Waals surface area contributed by atoms with Gasteiger partial charge in [-0.05, 0) is 42.7 Å². The van der Waals surface area contributed by atoms with Crippen molar-refractivity contribution in [3.63, 3.8) is 0 Å². The lowest BCUT2D eigenvalue weighted by molar-refractivity contribution is 0.0947. The van der Waals surface area contributed by atoms with E-state index in [1.54, 1.807) is 30.5 Å². The van der Waals surface area contributed by atoms with Crippen molar-refractivity contribution >= 4 is 17.7 Å². The van der Waals surface area contributed by atoms with Gasteiger partial charge >= 0.3 is 6.09 Å². The van der Waals surface area contributed by atoms with Crippen molar-refractivity contribution < 1.29 is 19.4 Å². The van der Waals surface area contributed by atoms with E-state index in [0.717, 1.165) is 24.8 Å². The van der Waals surface area contributed by atoms with Gasteiger partial charge in [0.2, 0.25) is 0 Å². The number of carbonyl (C=O) groups excluding carboxylic acids is 1. The molecule has 1 aromatic carbocycles. The summed E-state index contributed by atoms with van der Waals surface area (Å²) in [6.45, 7) is 3.24. The van der Waals surface area contributed by atoms with Crippen LogP contribution >= 0.6 is 0 Å². The molecule has 2 aromatic rings. The number of aromatic nitrogens is 1. The third kappa shape index (κ3) is 4.79. The van der Waals surface area contributed by atoms with E-state index < -0.39 is 6.09 Å². The van der Waals surface area contributed by atoms with Gasteiger partial charge in [-0.1, -0.05) is 26.2 Å². The number of amides is 2. The molecule has 0 fully saturated rings. The molecule has 1 aromatic heterocycles. The molecule has 0 atom stereocenters. The van der Waals surface area contributed by atoms with E-state index in [2.05, 4.69) is 17.2 Å². The minimum absolute atomic E-state index is 0.215. The van der Waals surface area contributed by atoms with Gasteiger partial charge in [0.25, 0.3) is 5.91 Å². The number of nitrogens with one attached hydrogen (secondary N) is 1. The lowest BCUT2D eigenvalue weighted by Crippen LogP contribution is -2.26. The highest BCUT2D eigenvalue weighted by Crippen LogP contribution is 2.33. The molecule has 0 saturated carbocycles. The number of rotatable bonds is 8. The van der Waals surface area contributed by atoms with Gasteiger partial charge in [-0.25, -0.2) is 4.79 Å². The Kier molecular flexibility index (Phi) is 6.47. The van der Waals surface area contributed by atoms with Crippen molar-refractivity contribution in [2.75, 3.05) is 18.0 Å². The standard InChI is InChI=1S/C21H25N3O4/c1-2-3-4-5-10-23-20(25)18-14-17(8-11-22-18)28-16-6-7-19-15(13-16)9-12-24(19)21(26)27/h6-8,11,13-14H,2-5,9-10,12H2,1H3,(H,23,25)(H,26,27). The molecule has 3 rings (SSSR count). The third-order valence-electron chi connectivity index (χ3n) is 4.69. The Bertz CT molecular complexity index is 853. The predicted octanol–water partition coefficient (Wildman–Crippen LogP) is 4.22. The van der Waals surface area contributed by atoms with Gasteiger partial charge in [0.05, 0.1) is 5.69 Å². The first kappa shape index (κ1) is 19.7. The Morgan fingerprint density at radius 1 is 1.18 bits per heavy atom. The van der Waals surface area contributed by atoms with Crippen LogP contribution < -0.4 is 15.0 Å². The second-order valence-electron chi connectivity index (χ2n) is 6.77. The van der Waals surface area contributed by atoms with Gasteiger partial charge < -0.3 is 15.2 Å². The van der Waals surface area contributed by atoms with Crippen LogP contribution in [0.2, 0.25) is 0 Å². The topological polar surface area (TPSA) is 91.8 Å². The molecular weight excluding hydrogens is 358 g/mol. The molecular formula is C21H25N3O4. The Hall–Kier alpha value is -3.09. The van der Waals surface area contributed by atoms with Gasteiger partial charge in [0, 0.05) is 25.4 Å². The Morgan fingerprint density at radius 2 is 2.00 bits per heavy atom. The van der Waals surface area contributed by atoms with E-state index in [1.807, 2.05) is 6.07 Å². The number of hydrogen-bond donors (Lipinski definition) is 2. The fourth-order valence-electron chi connectivity index (χ4n) is 3.22. The number of carboxylic acid groups (broad SMARTS) is 1. The number of nitrogens with zero attached hydrogens (tertiary/aromatic N) is 2.